The Balaban J connectivity index is 1.62. The number of alkyl halides is 1. The van der Waals surface area contributed by atoms with E-state index in [1.54, 1.807) is 0 Å². The largest absolute Gasteiger partial charge is 0.493 e. The fourth-order valence-corrected chi connectivity index (χ4v) is 2.62. The first kappa shape index (κ1) is 18.4. The molecule has 0 radical (unpaired) electrons. The molecule has 1 aliphatic rings. The number of likely N-dealkylation sites (tertiary alicyclic amines) is 1. The van der Waals surface area contributed by atoms with E-state index < -0.39 is 6.09 Å². The van der Waals surface area contributed by atoms with Gasteiger partial charge in [-0.1, -0.05) is 18.2 Å². The zero-order chi connectivity index (χ0) is 17.2. The summed E-state index contributed by atoms with van der Waals surface area (Å²) in [5.74, 6) is 1.13. The summed E-state index contributed by atoms with van der Waals surface area (Å²) >= 11 is 5.46. The highest BCUT2D eigenvalue weighted by Crippen LogP contribution is 2.13. The van der Waals surface area contributed by atoms with Crippen LogP contribution in [0.1, 0.15) is 19.3 Å². The molecule has 1 saturated heterocycles. The normalized spacial score (nSPS) is 15.0. The highest BCUT2D eigenvalue weighted by molar-refractivity contribution is 6.18. The van der Waals surface area contributed by atoms with E-state index in [1.165, 1.54) is 0 Å². The van der Waals surface area contributed by atoms with E-state index in [0.29, 0.717) is 26.1 Å². The van der Waals surface area contributed by atoms with Crippen LogP contribution in [-0.4, -0.2) is 55.1 Å². The maximum absolute atomic E-state index is 12.2. The maximum atomic E-state index is 12.2. The smallest absolute Gasteiger partial charge is 0.407 e. The van der Waals surface area contributed by atoms with E-state index in [-0.39, 0.29) is 24.4 Å². The molecule has 0 aliphatic carbocycles. The van der Waals surface area contributed by atoms with Crippen molar-refractivity contribution in [3.63, 3.8) is 0 Å². The second kappa shape index (κ2) is 10.0. The molecule has 1 N–H and O–H groups in total. The minimum Gasteiger partial charge on any atom is -0.493 e. The molecule has 24 heavy (non-hydrogen) atoms. The number of amides is 2. The first-order chi connectivity index (χ1) is 11.7. The van der Waals surface area contributed by atoms with Crippen molar-refractivity contribution in [1.82, 2.24) is 10.2 Å². The molecule has 6 nitrogen and oxygen atoms in total. The number of halogens is 1. The lowest BCUT2D eigenvalue weighted by Gasteiger charge is -2.32. The van der Waals surface area contributed by atoms with Gasteiger partial charge in [0.25, 0.3) is 0 Å². The van der Waals surface area contributed by atoms with Gasteiger partial charge in [0.1, 0.15) is 12.4 Å². The van der Waals surface area contributed by atoms with Crippen LogP contribution < -0.4 is 10.1 Å². The highest BCUT2D eigenvalue weighted by Gasteiger charge is 2.24. The van der Waals surface area contributed by atoms with Crippen molar-refractivity contribution in [2.24, 2.45) is 0 Å². The van der Waals surface area contributed by atoms with Crippen LogP contribution in [0.25, 0.3) is 0 Å². The Kier molecular flexibility index (Phi) is 7.68. The summed E-state index contributed by atoms with van der Waals surface area (Å²) in [6.07, 6.45) is 1.35. The molecule has 0 unspecified atom stereocenters. The Hall–Kier alpha value is -1.95. The number of piperidine rings is 1. The topological polar surface area (TPSA) is 67.9 Å². The lowest BCUT2D eigenvalue weighted by molar-refractivity contribution is -0.132. The Morgan fingerprint density at radius 2 is 1.88 bits per heavy atom. The molecule has 7 heteroatoms. The van der Waals surface area contributed by atoms with E-state index >= 15 is 0 Å². The Bertz CT molecular complexity index is 519. The molecule has 0 bridgehead atoms. The van der Waals surface area contributed by atoms with Crippen molar-refractivity contribution in [3.05, 3.63) is 30.3 Å². The SMILES string of the molecule is O=C(NC1CCN(C(=O)CCOc2ccccc2)CC1)OCCCl. The Morgan fingerprint density at radius 3 is 2.54 bits per heavy atom. The van der Waals surface area contributed by atoms with E-state index in [4.69, 9.17) is 21.1 Å². The van der Waals surface area contributed by atoms with Gasteiger partial charge in [-0.05, 0) is 25.0 Å². The molecule has 132 valence electrons. The van der Waals surface area contributed by atoms with Gasteiger partial charge in [0.2, 0.25) is 5.91 Å². The first-order valence-corrected chi connectivity index (χ1v) is 8.67. The summed E-state index contributed by atoms with van der Waals surface area (Å²) in [6, 6.07) is 9.48. The first-order valence-electron chi connectivity index (χ1n) is 8.14. The minimum atomic E-state index is -0.448. The van der Waals surface area contributed by atoms with Gasteiger partial charge in [-0.2, -0.15) is 0 Å². The molecule has 1 aliphatic heterocycles. The van der Waals surface area contributed by atoms with Gasteiger partial charge in [0.05, 0.1) is 18.9 Å². The van der Waals surface area contributed by atoms with E-state index in [9.17, 15) is 9.59 Å². The lowest BCUT2D eigenvalue weighted by Crippen LogP contribution is -2.47. The molecule has 2 rings (SSSR count). The number of alkyl carbamates (subject to hydrolysis) is 1. The number of nitrogens with one attached hydrogen (secondary N) is 1. The third kappa shape index (κ3) is 6.28. The predicted octanol–water partition coefficient (Wildman–Crippen LogP) is 2.41. The zero-order valence-corrected chi connectivity index (χ0v) is 14.3. The van der Waals surface area contributed by atoms with Gasteiger partial charge in [0.15, 0.2) is 0 Å². The van der Waals surface area contributed by atoms with Gasteiger partial charge in [-0.3, -0.25) is 4.79 Å². The van der Waals surface area contributed by atoms with Crippen LogP contribution in [0, 0.1) is 0 Å². The predicted molar refractivity (Wildman–Crippen MR) is 91.4 cm³/mol. The minimum absolute atomic E-state index is 0.0393. The number of hydrogen-bond acceptors (Lipinski definition) is 4. The third-order valence-corrected chi connectivity index (χ3v) is 3.96. The molecule has 0 aromatic heterocycles. The Labute approximate surface area is 147 Å². The molecular weight excluding hydrogens is 332 g/mol. The monoisotopic (exact) mass is 354 g/mol. The summed E-state index contributed by atoms with van der Waals surface area (Å²) in [4.78, 5) is 25.5. The van der Waals surface area contributed by atoms with Crippen LogP contribution in [0.5, 0.6) is 5.75 Å². The summed E-state index contributed by atoms with van der Waals surface area (Å²) in [5.41, 5.74) is 0. The average Bonchev–Trinajstić information content (AvgIpc) is 2.61. The lowest BCUT2D eigenvalue weighted by atomic mass is 10.1. The number of para-hydroxylation sites is 1. The molecule has 0 saturated carbocycles. The van der Waals surface area contributed by atoms with E-state index in [2.05, 4.69) is 5.32 Å². The second-order valence-electron chi connectivity index (χ2n) is 5.54. The quantitative estimate of drug-likeness (QED) is 0.763. The molecular formula is C17H23ClN2O4. The van der Waals surface area contributed by atoms with Crippen molar-refractivity contribution < 1.29 is 19.1 Å². The molecule has 1 aromatic carbocycles. The van der Waals surface area contributed by atoms with Gasteiger partial charge < -0.3 is 19.7 Å². The Morgan fingerprint density at radius 1 is 1.17 bits per heavy atom. The second-order valence-corrected chi connectivity index (χ2v) is 5.91. The molecule has 0 spiro atoms. The molecule has 0 atom stereocenters. The van der Waals surface area contributed by atoms with E-state index in [0.717, 1.165) is 18.6 Å². The number of carbonyl (C=O) groups excluding carboxylic acids is 2. The summed E-state index contributed by atoms with van der Waals surface area (Å²) in [7, 11) is 0. The van der Waals surface area contributed by atoms with Crippen LogP contribution in [0.15, 0.2) is 30.3 Å². The summed E-state index contributed by atoms with van der Waals surface area (Å²) in [5, 5.41) is 2.80. The fraction of sp³-hybridized carbons (Fsp3) is 0.529. The van der Waals surface area contributed by atoms with Crippen LogP contribution in [0.3, 0.4) is 0 Å². The highest BCUT2D eigenvalue weighted by atomic mass is 35.5. The zero-order valence-electron chi connectivity index (χ0n) is 13.6. The van der Waals surface area contributed by atoms with Gasteiger partial charge in [0, 0.05) is 19.1 Å². The van der Waals surface area contributed by atoms with Crippen molar-refractivity contribution >= 4 is 23.6 Å². The van der Waals surface area contributed by atoms with Crippen LogP contribution in [0.2, 0.25) is 0 Å². The number of hydrogen-bond donors (Lipinski definition) is 1. The number of ether oxygens (including phenoxy) is 2. The average molecular weight is 355 g/mol. The van der Waals surface area contributed by atoms with Gasteiger partial charge in [-0.15, -0.1) is 11.6 Å². The third-order valence-electron chi connectivity index (χ3n) is 3.81. The number of nitrogens with zero attached hydrogens (tertiary/aromatic N) is 1. The van der Waals surface area contributed by atoms with Crippen molar-refractivity contribution in [2.45, 2.75) is 25.3 Å². The van der Waals surface area contributed by atoms with Crippen molar-refractivity contribution in [3.8, 4) is 5.75 Å². The molecule has 1 heterocycles. The number of benzene rings is 1. The van der Waals surface area contributed by atoms with Crippen LogP contribution in [-0.2, 0) is 9.53 Å². The van der Waals surface area contributed by atoms with Crippen molar-refractivity contribution in [1.29, 1.82) is 0 Å². The number of rotatable bonds is 7. The fourth-order valence-electron chi connectivity index (χ4n) is 2.54. The van der Waals surface area contributed by atoms with Gasteiger partial charge >= 0.3 is 6.09 Å². The van der Waals surface area contributed by atoms with Gasteiger partial charge in [-0.25, -0.2) is 4.79 Å². The van der Waals surface area contributed by atoms with E-state index in [1.807, 2.05) is 35.2 Å². The van der Waals surface area contributed by atoms with Crippen molar-refractivity contribution in [2.75, 3.05) is 32.2 Å². The molecule has 1 fully saturated rings. The van der Waals surface area contributed by atoms with Crippen LogP contribution >= 0.6 is 11.6 Å². The summed E-state index contributed by atoms with van der Waals surface area (Å²) in [6.45, 7) is 1.83. The summed E-state index contributed by atoms with van der Waals surface area (Å²) < 4.78 is 10.4. The maximum Gasteiger partial charge on any atom is 0.407 e. The molecule has 1 aromatic rings. The van der Waals surface area contributed by atoms with Crippen LogP contribution in [0.4, 0.5) is 4.79 Å². The number of carbonyl (C=O) groups is 2. The standard InChI is InChI=1S/C17H23ClN2O4/c18-9-13-24-17(22)19-14-6-10-20(11-7-14)16(21)8-12-23-15-4-2-1-3-5-15/h1-5,14H,6-13H2,(H,19,22). The molecule has 2 amide bonds.